The first-order valence-corrected chi connectivity index (χ1v) is 5.47. The van der Waals surface area contributed by atoms with Crippen molar-refractivity contribution in [2.24, 2.45) is 0 Å². The van der Waals surface area contributed by atoms with Gasteiger partial charge in [0.2, 0.25) is 0 Å². The first-order chi connectivity index (χ1) is 6.87. The summed E-state index contributed by atoms with van der Waals surface area (Å²) in [6.07, 6.45) is -1.28. The molecule has 1 heterocycles. The molecule has 0 aromatic carbocycles. The van der Waals surface area contributed by atoms with E-state index in [4.69, 9.17) is 21.1 Å². The van der Waals surface area contributed by atoms with E-state index in [1.165, 1.54) is 0 Å². The van der Waals surface area contributed by atoms with E-state index in [9.17, 15) is 9.90 Å². The number of rotatable bonds is 3. The minimum Gasteiger partial charge on any atom is -0.388 e. The van der Waals surface area contributed by atoms with Crippen LogP contribution in [-0.2, 0) is 14.3 Å². The van der Waals surface area contributed by atoms with Crippen LogP contribution in [-0.4, -0.2) is 40.9 Å². The number of ketones is 1. The zero-order valence-electron chi connectivity index (χ0n) is 9.20. The van der Waals surface area contributed by atoms with Gasteiger partial charge >= 0.3 is 0 Å². The van der Waals surface area contributed by atoms with Crippen LogP contribution in [0.25, 0.3) is 0 Å². The number of hydrogen-bond donors (Lipinski definition) is 1. The van der Waals surface area contributed by atoms with Gasteiger partial charge in [0.15, 0.2) is 11.6 Å². The van der Waals surface area contributed by atoms with E-state index in [-0.39, 0.29) is 12.4 Å². The van der Waals surface area contributed by atoms with Crippen molar-refractivity contribution in [3.63, 3.8) is 0 Å². The van der Waals surface area contributed by atoms with Gasteiger partial charge in [-0.25, -0.2) is 0 Å². The number of aliphatic hydroxyl groups is 1. The molecule has 0 bridgehead atoms. The summed E-state index contributed by atoms with van der Waals surface area (Å²) in [5.41, 5.74) is 0. The molecule has 0 amide bonds. The Morgan fingerprint density at radius 1 is 1.67 bits per heavy atom. The van der Waals surface area contributed by atoms with Crippen LogP contribution < -0.4 is 0 Å². The molecular formula is C10H17ClO4. The highest BCUT2D eigenvalue weighted by molar-refractivity contribution is 6.21. The van der Waals surface area contributed by atoms with Crippen LogP contribution in [0.2, 0.25) is 0 Å². The molecule has 1 saturated heterocycles. The van der Waals surface area contributed by atoms with Crippen molar-refractivity contribution in [2.75, 3.05) is 6.61 Å². The Kier molecular flexibility index (Phi) is 4.12. The molecule has 0 saturated carbocycles. The second-order valence-electron chi connectivity index (χ2n) is 4.11. The molecule has 88 valence electrons. The van der Waals surface area contributed by atoms with Gasteiger partial charge in [0, 0.05) is 0 Å². The van der Waals surface area contributed by atoms with Crippen LogP contribution in [0.4, 0.5) is 0 Å². The standard InChI is InChI=1S/C10H17ClO4/c1-4-6(11)8(13)9-7(12)5-14-10(2,3)15-9/h6,8-9,13H,4-5H2,1-3H3/t6-,8+,9-/m1/s1. The SMILES string of the molecule is CC[C@@H](Cl)[C@H](O)[C@@H]1OC(C)(C)OCC1=O. The summed E-state index contributed by atoms with van der Waals surface area (Å²) in [5.74, 6) is -1.11. The predicted octanol–water partition coefficient (Wildman–Crippen LogP) is 1.09. The maximum atomic E-state index is 11.5. The summed E-state index contributed by atoms with van der Waals surface area (Å²) < 4.78 is 10.5. The zero-order chi connectivity index (χ0) is 11.6. The molecule has 4 nitrogen and oxygen atoms in total. The summed E-state index contributed by atoms with van der Waals surface area (Å²) in [6, 6.07) is 0. The third-order valence-electron chi connectivity index (χ3n) is 2.36. The molecule has 1 aliphatic heterocycles. The molecule has 1 aliphatic rings. The van der Waals surface area contributed by atoms with E-state index in [2.05, 4.69) is 0 Å². The molecule has 0 aromatic heterocycles. The molecule has 0 spiro atoms. The van der Waals surface area contributed by atoms with Crippen LogP contribution in [0.1, 0.15) is 27.2 Å². The lowest BCUT2D eigenvalue weighted by Crippen LogP contribution is -2.53. The van der Waals surface area contributed by atoms with Crippen LogP contribution in [0.15, 0.2) is 0 Å². The van der Waals surface area contributed by atoms with Crippen LogP contribution in [0.5, 0.6) is 0 Å². The van der Waals surface area contributed by atoms with Gasteiger partial charge in [0.25, 0.3) is 0 Å². The van der Waals surface area contributed by atoms with Crippen molar-refractivity contribution in [2.45, 2.75) is 50.6 Å². The average Bonchev–Trinajstić information content (AvgIpc) is 2.19. The van der Waals surface area contributed by atoms with E-state index >= 15 is 0 Å². The molecule has 0 radical (unpaired) electrons. The van der Waals surface area contributed by atoms with E-state index in [0.717, 1.165) is 0 Å². The van der Waals surface area contributed by atoms with Crippen LogP contribution >= 0.6 is 11.6 Å². The topological polar surface area (TPSA) is 55.8 Å². The number of Topliss-reactive ketones (excluding diaryl/α,β-unsaturated/α-hetero) is 1. The summed E-state index contributed by atoms with van der Waals surface area (Å²) in [4.78, 5) is 11.5. The fraction of sp³-hybridized carbons (Fsp3) is 0.900. The molecule has 15 heavy (non-hydrogen) atoms. The van der Waals surface area contributed by atoms with E-state index < -0.39 is 23.4 Å². The van der Waals surface area contributed by atoms with Gasteiger partial charge in [-0.2, -0.15) is 0 Å². The van der Waals surface area contributed by atoms with Crippen molar-refractivity contribution >= 4 is 17.4 Å². The minimum absolute atomic E-state index is 0.0396. The van der Waals surface area contributed by atoms with Gasteiger partial charge < -0.3 is 14.6 Å². The van der Waals surface area contributed by atoms with Gasteiger partial charge in [-0.3, -0.25) is 4.79 Å². The second kappa shape index (κ2) is 4.78. The number of carbonyl (C=O) groups is 1. The Labute approximate surface area is 94.5 Å². The molecule has 0 unspecified atom stereocenters. The Hall–Kier alpha value is -0.160. The molecule has 1 rings (SSSR count). The number of carbonyl (C=O) groups excluding carboxylic acids is 1. The van der Waals surface area contributed by atoms with E-state index in [1.807, 2.05) is 6.92 Å². The average molecular weight is 237 g/mol. The smallest absolute Gasteiger partial charge is 0.190 e. The molecule has 0 aromatic rings. The number of aliphatic hydroxyl groups excluding tert-OH is 1. The van der Waals surface area contributed by atoms with Gasteiger partial charge in [-0.05, 0) is 20.3 Å². The minimum atomic E-state index is -0.979. The lowest BCUT2D eigenvalue weighted by atomic mass is 10.0. The largest absolute Gasteiger partial charge is 0.388 e. The number of halogens is 1. The van der Waals surface area contributed by atoms with Gasteiger partial charge in [0.1, 0.15) is 18.8 Å². The van der Waals surface area contributed by atoms with Gasteiger partial charge in [0.05, 0.1) is 5.38 Å². The molecule has 5 heteroatoms. The molecule has 0 aliphatic carbocycles. The highest BCUT2D eigenvalue weighted by atomic mass is 35.5. The maximum Gasteiger partial charge on any atom is 0.190 e. The van der Waals surface area contributed by atoms with Gasteiger partial charge in [-0.15, -0.1) is 11.6 Å². The lowest BCUT2D eigenvalue weighted by molar-refractivity contribution is -0.270. The second-order valence-corrected chi connectivity index (χ2v) is 4.67. The summed E-state index contributed by atoms with van der Waals surface area (Å²) in [5, 5.41) is 9.33. The lowest BCUT2D eigenvalue weighted by Gasteiger charge is -2.37. The molecule has 1 N–H and O–H groups in total. The van der Waals surface area contributed by atoms with Crippen molar-refractivity contribution < 1.29 is 19.4 Å². The Morgan fingerprint density at radius 3 is 2.80 bits per heavy atom. The van der Waals surface area contributed by atoms with Crippen LogP contribution in [0.3, 0.4) is 0 Å². The van der Waals surface area contributed by atoms with E-state index in [0.29, 0.717) is 6.42 Å². The highest BCUT2D eigenvalue weighted by Crippen LogP contribution is 2.25. The summed E-state index contributed by atoms with van der Waals surface area (Å²) in [6.45, 7) is 5.21. The number of hydrogen-bond acceptors (Lipinski definition) is 4. The monoisotopic (exact) mass is 236 g/mol. The Morgan fingerprint density at radius 2 is 2.27 bits per heavy atom. The Balaban J connectivity index is 2.70. The fourth-order valence-corrected chi connectivity index (χ4v) is 1.56. The van der Waals surface area contributed by atoms with Crippen molar-refractivity contribution in [3.05, 3.63) is 0 Å². The third kappa shape index (κ3) is 3.14. The summed E-state index contributed by atoms with van der Waals surface area (Å²) in [7, 11) is 0. The van der Waals surface area contributed by atoms with Crippen molar-refractivity contribution in [1.82, 2.24) is 0 Å². The van der Waals surface area contributed by atoms with Gasteiger partial charge in [-0.1, -0.05) is 6.92 Å². The zero-order valence-corrected chi connectivity index (χ0v) is 9.95. The Bertz CT molecular complexity index is 242. The van der Waals surface area contributed by atoms with E-state index in [1.54, 1.807) is 13.8 Å². The summed E-state index contributed by atoms with van der Waals surface area (Å²) >= 11 is 5.88. The highest BCUT2D eigenvalue weighted by Gasteiger charge is 2.41. The van der Waals surface area contributed by atoms with Crippen LogP contribution in [0, 0.1) is 0 Å². The normalized spacial score (nSPS) is 29.9. The molecule has 3 atom stereocenters. The first-order valence-electron chi connectivity index (χ1n) is 5.04. The molecular weight excluding hydrogens is 220 g/mol. The van der Waals surface area contributed by atoms with Crippen molar-refractivity contribution in [1.29, 1.82) is 0 Å². The number of ether oxygens (including phenoxy) is 2. The van der Waals surface area contributed by atoms with Crippen molar-refractivity contribution in [3.8, 4) is 0 Å². The molecule has 1 fully saturated rings. The quantitative estimate of drug-likeness (QED) is 0.746. The third-order valence-corrected chi connectivity index (χ3v) is 2.93. The maximum absolute atomic E-state index is 11.5. The first kappa shape index (κ1) is 12.9. The predicted molar refractivity (Wildman–Crippen MR) is 55.8 cm³/mol. The fourth-order valence-electron chi connectivity index (χ4n) is 1.42. The number of alkyl halides is 1.